The van der Waals surface area contributed by atoms with Crippen molar-refractivity contribution in [3.63, 3.8) is 0 Å². The summed E-state index contributed by atoms with van der Waals surface area (Å²) in [7, 11) is -13.0. The lowest BCUT2D eigenvalue weighted by Gasteiger charge is -2.30. The second-order valence-electron chi connectivity index (χ2n) is 14.9. The van der Waals surface area contributed by atoms with Gasteiger partial charge in [0.05, 0.1) is 42.1 Å². The molecule has 15 nitrogen and oxygen atoms in total. The zero-order valence-corrected chi connectivity index (χ0v) is 34.6. The molecule has 56 heavy (non-hydrogen) atoms. The van der Waals surface area contributed by atoms with Gasteiger partial charge in [-0.1, -0.05) is 26.8 Å². The van der Waals surface area contributed by atoms with Crippen LogP contribution in [0.4, 0.5) is 5.69 Å². The Labute approximate surface area is 328 Å². The van der Waals surface area contributed by atoms with E-state index in [4.69, 9.17) is 14.3 Å². The smallest absolute Gasteiger partial charge is 0.305 e. The summed E-state index contributed by atoms with van der Waals surface area (Å²) in [6.45, 7) is 11.2. The summed E-state index contributed by atoms with van der Waals surface area (Å²) in [6.07, 6.45) is 5.48. The largest absolute Gasteiger partial charge is 0.481 e. The quantitative estimate of drug-likeness (QED) is 0.0764. The number of anilines is 1. The van der Waals surface area contributed by atoms with Crippen molar-refractivity contribution in [2.24, 2.45) is 0 Å². The number of carboxylic acids is 1. The van der Waals surface area contributed by atoms with E-state index in [9.17, 15) is 43.7 Å². The van der Waals surface area contributed by atoms with E-state index in [1.54, 1.807) is 18.2 Å². The molecule has 0 saturated heterocycles. The van der Waals surface area contributed by atoms with Gasteiger partial charge >= 0.3 is 5.97 Å². The molecule has 4 N–H and O–H groups in total. The first-order valence-electron chi connectivity index (χ1n) is 18.1. The van der Waals surface area contributed by atoms with Crippen LogP contribution < -0.4 is 14.8 Å². The Morgan fingerprint density at radius 1 is 0.946 bits per heavy atom. The van der Waals surface area contributed by atoms with E-state index >= 15 is 0 Å². The Morgan fingerprint density at radius 2 is 1.62 bits per heavy atom. The third-order valence-corrected chi connectivity index (χ3v) is 12.1. The summed E-state index contributed by atoms with van der Waals surface area (Å²) in [5, 5.41) is 9.84. The highest BCUT2D eigenvalue weighted by Crippen LogP contribution is 2.51. The average molecular weight is 840 g/mol. The van der Waals surface area contributed by atoms with Gasteiger partial charge in [-0.15, -0.1) is 0 Å². The molecule has 1 aromatic carbocycles. The highest BCUT2D eigenvalue weighted by molar-refractivity contribution is 7.86. The number of aliphatic carboxylic acids is 1. The molecule has 3 aliphatic rings. The lowest BCUT2D eigenvalue weighted by atomic mass is 9.77. The summed E-state index contributed by atoms with van der Waals surface area (Å²) in [6, 6.07) is 11.9. The van der Waals surface area contributed by atoms with Gasteiger partial charge in [0.2, 0.25) is 5.36 Å². The van der Waals surface area contributed by atoms with Crippen LogP contribution in [-0.2, 0) is 50.7 Å². The topological polar surface area (TPSA) is 229 Å². The van der Waals surface area contributed by atoms with Crippen LogP contribution in [0.15, 0.2) is 69.6 Å². The monoisotopic (exact) mass is 839 g/mol. The Morgan fingerprint density at radius 3 is 2.23 bits per heavy atom. The number of hydrogen-bond donors (Lipinski definition) is 4. The van der Waals surface area contributed by atoms with Crippen LogP contribution in [0, 0.1) is 0 Å². The third kappa shape index (κ3) is 11.8. The third-order valence-electron chi connectivity index (χ3n) is 9.68. The van der Waals surface area contributed by atoms with Gasteiger partial charge in [0.15, 0.2) is 0 Å². The fraction of sp³-hybridized carbons (Fsp3) is 0.474. The van der Waals surface area contributed by atoms with Crippen molar-refractivity contribution in [2.75, 3.05) is 49.3 Å². The summed E-state index contributed by atoms with van der Waals surface area (Å²) in [4.78, 5) is 12.6. The highest BCUT2D eigenvalue weighted by Gasteiger charge is 2.43. The SMILES string of the molecule is CC[N+](CCCS(=O)(=O)O)=c1ccc2c(C(C)(C)C)cc(/C=C/C=C3/N(CCOCCC(=O)O)c4ccc(S(=O)(=O)O)cc4C3(C)CCCS(=O)(=O)O)oc-2c1. The summed E-state index contributed by atoms with van der Waals surface area (Å²) in [5.74, 6) is -0.847. The van der Waals surface area contributed by atoms with Gasteiger partial charge in [-0.05, 0) is 85.7 Å². The predicted molar refractivity (Wildman–Crippen MR) is 213 cm³/mol. The first-order chi connectivity index (χ1) is 25.9. The molecule has 0 fully saturated rings. The number of carboxylic acid groups (broad SMARTS) is 1. The Bertz CT molecular complexity index is 2360. The molecular formula is C38H51N2O13S3+. The van der Waals surface area contributed by atoms with Crippen LogP contribution >= 0.6 is 0 Å². The van der Waals surface area contributed by atoms with Crippen molar-refractivity contribution in [3.05, 3.63) is 82.6 Å². The minimum Gasteiger partial charge on any atom is -0.481 e. The molecule has 1 aromatic rings. The van der Waals surface area contributed by atoms with Gasteiger partial charge in [-0.2, -0.15) is 25.3 Å². The Kier molecular flexibility index (Phi) is 14.2. The van der Waals surface area contributed by atoms with Gasteiger partial charge in [-0.3, -0.25) is 18.5 Å². The van der Waals surface area contributed by atoms with Crippen LogP contribution in [0.3, 0.4) is 0 Å². The maximum Gasteiger partial charge on any atom is 0.305 e. The molecule has 4 rings (SSSR count). The molecule has 1 unspecified atom stereocenters. The number of carbonyl (C=O) groups is 1. The first kappa shape index (κ1) is 44.8. The summed E-state index contributed by atoms with van der Waals surface area (Å²) >= 11 is 0. The zero-order valence-electron chi connectivity index (χ0n) is 32.1. The Balaban J connectivity index is 1.85. The van der Waals surface area contributed by atoms with Crippen LogP contribution in [0.1, 0.15) is 77.2 Å². The number of allylic oxidation sites excluding steroid dienone is 3. The van der Waals surface area contributed by atoms with Crippen molar-refractivity contribution >= 4 is 48.1 Å². The van der Waals surface area contributed by atoms with E-state index in [2.05, 4.69) is 20.8 Å². The molecule has 0 bridgehead atoms. The number of fused-ring (bicyclic) bond motifs is 2. The molecule has 2 aliphatic heterocycles. The van der Waals surface area contributed by atoms with Crippen molar-refractivity contribution in [2.45, 2.75) is 76.0 Å². The second kappa shape index (κ2) is 17.7. The first-order valence-corrected chi connectivity index (χ1v) is 22.7. The van der Waals surface area contributed by atoms with Gasteiger partial charge in [0, 0.05) is 41.4 Å². The van der Waals surface area contributed by atoms with E-state index in [0.717, 1.165) is 16.5 Å². The molecule has 308 valence electrons. The molecule has 0 aromatic heterocycles. The van der Waals surface area contributed by atoms with Crippen molar-refractivity contribution < 1.29 is 58.0 Å². The summed E-state index contributed by atoms with van der Waals surface area (Å²) < 4.78 is 113. The molecule has 18 heteroatoms. The number of rotatable bonds is 18. The van der Waals surface area contributed by atoms with Crippen LogP contribution in [-0.4, -0.2) is 94.3 Å². The van der Waals surface area contributed by atoms with E-state index < -0.39 is 47.5 Å². The molecule has 0 radical (unpaired) electrons. The maximum atomic E-state index is 12.2. The summed E-state index contributed by atoms with van der Waals surface area (Å²) in [5.41, 5.74) is 2.22. The zero-order chi connectivity index (χ0) is 41.7. The van der Waals surface area contributed by atoms with Gasteiger partial charge in [0.1, 0.15) is 24.6 Å². The van der Waals surface area contributed by atoms with Gasteiger partial charge in [0.25, 0.3) is 30.4 Å². The average Bonchev–Trinajstić information content (AvgIpc) is 3.30. The minimum atomic E-state index is -4.61. The fourth-order valence-corrected chi connectivity index (χ4v) is 8.47. The highest BCUT2D eigenvalue weighted by atomic mass is 32.2. The van der Waals surface area contributed by atoms with E-state index in [1.807, 2.05) is 47.6 Å². The number of hydrogen-bond acceptors (Lipinski definition) is 10. The van der Waals surface area contributed by atoms with Crippen LogP contribution in [0.2, 0.25) is 0 Å². The fourth-order valence-electron chi connectivity index (χ4n) is 6.96. The maximum absolute atomic E-state index is 12.2. The molecule has 0 spiro atoms. The molecule has 1 atom stereocenters. The molecular weight excluding hydrogens is 789 g/mol. The standard InChI is InChI=1S/C38H50N2O13S3/c1-6-39(18-9-23-55(46,47)48)27-12-14-30-31(37(2,3)4)25-28(53-34(30)24-27)10-7-11-35-38(5,17-8-22-54(43,44)45)32-26-29(56(49,50)51)13-15-33(32)40(35)19-21-52-20-16-36(41)42/h7,10-15,24-26H,6,8-9,16-23H2,1-5H3,(H3-,41,42,43,44,45,46,47,48,49,50,51)/p+1. The van der Waals surface area contributed by atoms with E-state index in [1.165, 1.54) is 18.2 Å². The van der Waals surface area contributed by atoms with Gasteiger partial charge < -0.3 is 19.2 Å². The minimum absolute atomic E-state index is 0.0107. The molecule has 2 heterocycles. The van der Waals surface area contributed by atoms with Crippen molar-refractivity contribution in [1.82, 2.24) is 4.58 Å². The number of benzene rings is 2. The van der Waals surface area contributed by atoms with E-state index in [0.29, 0.717) is 41.6 Å². The number of nitrogens with zero attached hydrogens (tertiary/aromatic N) is 2. The van der Waals surface area contributed by atoms with Crippen LogP contribution in [0.25, 0.3) is 17.4 Å². The molecule has 1 aliphatic carbocycles. The van der Waals surface area contributed by atoms with Crippen molar-refractivity contribution in [3.8, 4) is 11.3 Å². The van der Waals surface area contributed by atoms with Crippen LogP contribution in [0.5, 0.6) is 0 Å². The second-order valence-corrected chi connectivity index (χ2v) is 19.5. The predicted octanol–water partition coefficient (Wildman–Crippen LogP) is 4.83. The van der Waals surface area contributed by atoms with Crippen molar-refractivity contribution in [1.29, 1.82) is 0 Å². The van der Waals surface area contributed by atoms with E-state index in [-0.39, 0.29) is 61.5 Å². The lowest BCUT2D eigenvalue weighted by Crippen LogP contribution is -2.31. The lowest BCUT2D eigenvalue weighted by molar-refractivity contribution is -0.138. The normalized spacial score (nSPS) is 17.9. The Hall–Kier alpha value is -3.91. The number of ether oxygens (including phenoxy) is 1. The molecule has 0 saturated carbocycles. The molecule has 0 amide bonds. The van der Waals surface area contributed by atoms with Gasteiger partial charge in [-0.25, -0.2) is 4.58 Å².